The summed E-state index contributed by atoms with van der Waals surface area (Å²) in [6.07, 6.45) is 2.61. The van der Waals surface area contributed by atoms with Gasteiger partial charge in [-0.15, -0.1) is 24.0 Å². The first-order valence-electron chi connectivity index (χ1n) is 7.84. The van der Waals surface area contributed by atoms with E-state index in [0.717, 1.165) is 43.0 Å². The van der Waals surface area contributed by atoms with E-state index >= 15 is 0 Å². The molecule has 1 aliphatic heterocycles. The van der Waals surface area contributed by atoms with Crippen molar-refractivity contribution in [3.05, 3.63) is 34.3 Å². The molecule has 1 saturated heterocycles. The number of hydrogen-bond acceptors (Lipinski definition) is 2. The molecule has 2 rings (SSSR count). The molecular weight excluding hydrogens is 469 g/mol. The Morgan fingerprint density at radius 2 is 2.09 bits per heavy atom. The Hall–Kier alpha value is -0.340. The molecule has 4 nitrogen and oxygen atoms in total. The van der Waals surface area contributed by atoms with Gasteiger partial charge in [0.15, 0.2) is 5.96 Å². The predicted molar refractivity (Wildman–Crippen MR) is 111 cm³/mol. The van der Waals surface area contributed by atoms with Crippen LogP contribution in [0.5, 0.6) is 0 Å². The van der Waals surface area contributed by atoms with Crippen molar-refractivity contribution in [2.24, 2.45) is 4.99 Å². The highest BCUT2D eigenvalue weighted by atomic mass is 127. The van der Waals surface area contributed by atoms with E-state index < -0.39 is 0 Å². The van der Waals surface area contributed by atoms with Crippen molar-refractivity contribution in [1.82, 2.24) is 10.6 Å². The Morgan fingerprint density at radius 3 is 2.70 bits per heavy atom. The van der Waals surface area contributed by atoms with Gasteiger partial charge in [0, 0.05) is 36.6 Å². The maximum absolute atomic E-state index is 5.63. The highest BCUT2D eigenvalue weighted by Crippen LogP contribution is 2.29. The number of nitrogens with zero attached hydrogens (tertiary/aromatic N) is 1. The zero-order chi connectivity index (χ0) is 16.0. The van der Waals surface area contributed by atoms with Crippen LogP contribution in [0, 0.1) is 0 Å². The van der Waals surface area contributed by atoms with Gasteiger partial charge in [0.1, 0.15) is 0 Å². The molecular formula is C17H27BrIN3O. The Bertz CT molecular complexity index is 516. The number of aliphatic imine (C=N–C) groups is 1. The number of benzene rings is 1. The van der Waals surface area contributed by atoms with Crippen LogP contribution < -0.4 is 10.6 Å². The highest BCUT2D eigenvalue weighted by Gasteiger charge is 2.23. The molecule has 0 bridgehead atoms. The van der Waals surface area contributed by atoms with Gasteiger partial charge in [-0.25, -0.2) is 0 Å². The summed E-state index contributed by atoms with van der Waals surface area (Å²) in [5.74, 6) is 0.829. The Kier molecular flexibility index (Phi) is 8.85. The second kappa shape index (κ2) is 9.84. The second-order valence-electron chi connectivity index (χ2n) is 6.31. The van der Waals surface area contributed by atoms with Gasteiger partial charge in [-0.05, 0) is 24.5 Å². The van der Waals surface area contributed by atoms with Gasteiger partial charge in [0.05, 0.1) is 6.10 Å². The van der Waals surface area contributed by atoms with E-state index in [4.69, 9.17) is 4.74 Å². The summed E-state index contributed by atoms with van der Waals surface area (Å²) in [5.41, 5.74) is 1.29. The van der Waals surface area contributed by atoms with Crippen LogP contribution in [-0.2, 0) is 10.2 Å². The highest BCUT2D eigenvalue weighted by molar-refractivity contribution is 14.0. The molecule has 0 saturated carbocycles. The molecule has 1 atom stereocenters. The number of nitrogens with one attached hydrogen (secondary N) is 2. The van der Waals surface area contributed by atoms with Gasteiger partial charge in [0.25, 0.3) is 0 Å². The fraction of sp³-hybridized carbons (Fsp3) is 0.588. The zero-order valence-corrected chi connectivity index (χ0v) is 18.0. The molecule has 0 aromatic heterocycles. The van der Waals surface area contributed by atoms with Crippen LogP contribution >= 0.6 is 39.9 Å². The number of guanidine groups is 1. The molecule has 1 aromatic rings. The second-order valence-corrected chi connectivity index (χ2v) is 7.16. The summed E-state index contributed by atoms with van der Waals surface area (Å²) in [6, 6.07) is 8.36. The third kappa shape index (κ3) is 6.23. The van der Waals surface area contributed by atoms with E-state index in [9.17, 15) is 0 Å². The van der Waals surface area contributed by atoms with E-state index in [1.807, 2.05) is 6.07 Å². The molecule has 1 heterocycles. The van der Waals surface area contributed by atoms with E-state index in [0.29, 0.717) is 6.10 Å². The number of halogens is 2. The van der Waals surface area contributed by atoms with E-state index in [-0.39, 0.29) is 29.4 Å². The van der Waals surface area contributed by atoms with Crippen molar-refractivity contribution in [3.63, 3.8) is 0 Å². The third-order valence-corrected chi connectivity index (χ3v) is 4.74. The number of hydrogen-bond donors (Lipinski definition) is 2. The largest absolute Gasteiger partial charge is 0.376 e. The van der Waals surface area contributed by atoms with Crippen LogP contribution in [0.2, 0.25) is 0 Å². The van der Waals surface area contributed by atoms with Crippen molar-refractivity contribution in [1.29, 1.82) is 0 Å². The molecule has 1 unspecified atom stereocenters. The van der Waals surface area contributed by atoms with Crippen molar-refractivity contribution < 1.29 is 4.74 Å². The lowest BCUT2D eigenvalue weighted by Gasteiger charge is -2.28. The van der Waals surface area contributed by atoms with Crippen LogP contribution in [0.4, 0.5) is 0 Å². The molecule has 1 fully saturated rings. The smallest absolute Gasteiger partial charge is 0.191 e. The summed E-state index contributed by atoms with van der Waals surface area (Å²) in [4.78, 5) is 4.30. The lowest BCUT2D eigenvalue weighted by Crippen LogP contribution is -2.45. The van der Waals surface area contributed by atoms with E-state index in [1.54, 1.807) is 7.05 Å². The molecule has 23 heavy (non-hydrogen) atoms. The molecule has 2 N–H and O–H groups in total. The molecule has 130 valence electrons. The lowest BCUT2D eigenvalue weighted by molar-refractivity contribution is 0.114. The van der Waals surface area contributed by atoms with Crippen LogP contribution in [0.25, 0.3) is 0 Å². The molecule has 0 aliphatic carbocycles. The van der Waals surface area contributed by atoms with Gasteiger partial charge < -0.3 is 15.4 Å². The Morgan fingerprint density at radius 1 is 1.35 bits per heavy atom. The van der Waals surface area contributed by atoms with Crippen LogP contribution in [0.3, 0.4) is 0 Å². The Balaban J connectivity index is 0.00000264. The summed E-state index contributed by atoms with van der Waals surface area (Å²) in [5, 5.41) is 6.77. The van der Waals surface area contributed by atoms with Gasteiger partial charge in [-0.3, -0.25) is 4.99 Å². The maximum Gasteiger partial charge on any atom is 0.191 e. The van der Waals surface area contributed by atoms with Crippen LogP contribution in [0.1, 0.15) is 32.3 Å². The number of rotatable bonds is 5. The van der Waals surface area contributed by atoms with E-state index in [2.05, 4.69) is 63.6 Å². The molecule has 0 spiro atoms. The first kappa shape index (κ1) is 20.7. The Labute approximate surface area is 165 Å². The van der Waals surface area contributed by atoms with Crippen molar-refractivity contribution >= 4 is 45.9 Å². The normalized spacial score (nSPS) is 18.4. The average Bonchev–Trinajstić information content (AvgIpc) is 3.01. The molecule has 6 heteroatoms. The van der Waals surface area contributed by atoms with Crippen molar-refractivity contribution in [2.45, 2.75) is 38.2 Å². The van der Waals surface area contributed by atoms with Gasteiger partial charge in [0.2, 0.25) is 0 Å². The summed E-state index contributed by atoms with van der Waals surface area (Å²) < 4.78 is 6.77. The third-order valence-electron chi connectivity index (χ3n) is 4.05. The number of ether oxygens (including phenoxy) is 1. The van der Waals surface area contributed by atoms with Crippen molar-refractivity contribution in [2.75, 3.05) is 26.7 Å². The van der Waals surface area contributed by atoms with Crippen molar-refractivity contribution in [3.8, 4) is 0 Å². The SMILES string of the molecule is CN=C(NCC1CCCO1)NCC(C)(C)c1ccccc1Br.I. The van der Waals surface area contributed by atoms with Gasteiger partial charge in [-0.2, -0.15) is 0 Å². The molecule has 0 radical (unpaired) electrons. The summed E-state index contributed by atoms with van der Waals surface area (Å²) in [7, 11) is 1.80. The fourth-order valence-corrected chi connectivity index (χ4v) is 3.47. The minimum Gasteiger partial charge on any atom is -0.376 e. The quantitative estimate of drug-likeness (QED) is 0.372. The topological polar surface area (TPSA) is 45.7 Å². The van der Waals surface area contributed by atoms with Gasteiger partial charge in [-0.1, -0.05) is 48.0 Å². The van der Waals surface area contributed by atoms with Crippen LogP contribution in [-0.4, -0.2) is 38.8 Å². The maximum atomic E-state index is 5.63. The fourth-order valence-electron chi connectivity index (χ4n) is 2.65. The van der Waals surface area contributed by atoms with Crippen LogP contribution in [0.15, 0.2) is 33.7 Å². The first-order chi connectivity index (χ1) is 10.5. The minimum absolute atomic E-state index is 0. The zero-order valence-electron chi connectivity index (χ0n) is 14.1. The summed E-state index contributed by atoms with van der Waals surface area (Å²) >= 11 is 3.64. The van der Waals surface area contributed by atoms with E-state index in [1.165, 1.54) is 5.56 Å². The molecule has 1 aliphatic rings. The summed E-state index contributed by atoms with van der Waals surface area (Å²) in [6.45, 7) is 6.96. The first-order valence-corrected chi connectivity index (χ1v) is 8.63. The standard InChI is InChI=1S/C17H26BrN3O.HI/c1-17(2,14-8-4-5-9-15(14)18)12-21-16(19-3)20-11-13-7-6-10-22-13;/h4-5,8-9,13H,6-7,10-12H2,1-3H3,(H2,19,20,21);1H. The molecule has 0 amide bonds. The average molecular weight is 496 g/mol. The monoisotopic (exact) mass is 495 g/mol. The predicted octanol–water partition coefficient (Wildman–Crippen LogP) is 3.69. The minimum atomic E-state index is 0. The lowest BCUT2D eigenvalue weighted by atomic mass is 9.84. The van der Waals surface area contributed by atoms with Gasteiger partial charge >= 0.3 is 0 Å². The molecule has 1 aromatic carbocycles.